The molecule has 3 rings (SSSR count). The second kappa shape index (κ2) is 6.02. The molecule has 0 N–H and O–H groups in total. The normalized spacial score (nSPS) is 10.6. The highest BCUT2D eigenvalue weighted by Gasteiger charge is 2.17. The highest BCUT2D eigenvalue weighted by atomic mass is 16.2. The van der Waals surface area contributed by atoms with Gasteiger partial charge in [0.25, 0.3) is 0 Å². The van der Waals surface area contributed by atoms with E-state index < -0.39 is 0 Å². The van der Waals surface area contributed by atoms with Crippen molar-refractivity contribution >= 4 is 22.4 Å². The number of carbonyl (C=O) groups is 1. The van der Waals surface area contributed by atoms with Gasteiger partial charge in [0.2, 0.25) is 5.91 Å². The molecule has 0 bridgehead atoms. The van der Waals surface area contributed by atoms with Gasteiger partial charge in [-0.15, -0.1) is 0 Å². The average Bonchev–Trinajstić information content (AvgIpc) is 2.60. The number of benzene rings is 3. The summed E-state index contributed by atoms with van der Waals surface area (Å²) < 4.78 is 0. The summed E-state index contributed by atoms with van der Waals surface area (Å²) >= 11 is 0. The van der Waals surface area contributed by atoms with Gasteiger partial charge in [-0.3, -0.25) is 4.79 Å². The lowest BCUT2D eigenvalue weighted by molar-refractivity contribution is -0.118. The smallest absolute Gasteiger partial charge is 0.226 e. The number of hydrogen-bond donors (Lipinski definition) is 0. The third-order valence-corrected chi connectivity index (χ3v) is 4.00. The van der Waals surface area contributed by atoms with Crippen LogP contribution in [0.1, 0.15) is 13.3 Å². The first kappa shape index (κ1) is 14.3. The monoisotopic (exact) mass is 289 g/mol. The maximum Gasteiger partial charge on any atom is 0.226 e. The van der Waals surface area contributed by atoms with Crippen LogP contribution in [0.4, 0.5) is 5.69 Å². The average molecular weight is 289 g/mol. The van der Waals surface area contributed by atoms with E-state index in [9.17, 15) is 4.79 Å². The SMILES string of the molecule is CCC(=O)N(C)c1c(-c2ccccc2)ccc2ccccc12. The summed E-state index contributed by atoms with van der Waals surface area (Å²) in [5.41, 5.74) is 3.19. The van der Waals surface area contributed by atoms with Gasteiger partial charge in [0, 0.05) is 24.4 Å². The molecule has 3 aromatic rings. The highest BCUT2D eigenvalue weighted by molar-refractivity contribution is 6.09. The van der Waals surface area contributed by atoms with Gasteiger partial charge in [-0.25, -0.2) is 0 Å². The molecule has 110 valence electrons. The molecule has 0 unspecified atom stereocenters. The van der Waals surface area contributed by atoms with Crippen LogP contribution >= 0.6 is 0 Å². The molecule has 0 radical (unpaired) electrons. The number of carbonyl (C=O) groups excluding carboxylic acids is 1. The van der Waals surface area contributed by atoms with Crippen molar-refractivity contribution in [3.05, 3.63) is 66.7 Å². The zero-order valence-electron chi connectivity index (χ0n) is 12.9. The first-order valence-electron chi connectivity index (χ1n) is 7.56. The number of amides is 1. The van der Waals surface area contributed by atoms with Crippen molar-refractivity contribution in [1.29, 1.82) is 0 Å². The molecule has 0 aliphatic rings. The number of rotatable bonds is 3. The predicted octanol–water partition coefficient (Wildman–Crippen LogP) is 4.88. The Kier molecular flexibility index (Phi) is 3.92. The van der Waals surface area contributed by atoms with E-state index in [1.165, 1.54) is 0 Å². The third kappa shape index (κ3) is 2.48. The molecule has 0 fully saturated rings. The molecule has 2 nitrogen and oxygen atoms in total. The van der Waals surface area contributed by atoms with Gasteiger partial charge >= 0.3 is 0 Å². The van der Waals surface area contributed by atoms with Crippen molar-refractivity contribution < 1.29 is 4.79 Å². The van der Waals surface area contributed by atoms with Gasteiger partial charge in [-0.2, -0.15) is 0 Å². The second-order valence-electron chi connectivity index (χ2n) is 5.36. The van der Waals surface area contributed by atoms with Crippen LogP contribution in [0.25, 0.3) is 21.9 Å². The third-order valence-electron chi connectivity index (χ3n) is 4.00. The van der Waals surface area contributed by atoms with Crippen LogP contribution in [-0.2, 0) is 4.79 Å². The minimum Gasteiger partial charge on any atom is -0.314 e. The Labute approximate surface area is 131 Å². The zero-order valence-corrected chi connectivity index (χ0v) is 12.9. The predicted molar refractivity (Wildman–Crippen MR) is 93.1 cm³/mol. The van der Waals surface area contributed by atoms with E-state index in [0.29, 0.717) is 6.42 Å². The summed E-state index contributed by atoms with van der Waals surface area (Å²) in [5.74, 6) is 0.119. The molecule has 0 heterocycles. The summed E-state index contributed by atoms with van der Waals surface area (Å²) in [5, 5.41) is 2.25. The number of anilines is 1. The standard InChI is InChI=1S/C20H19NO/c1-3-19(22)21(2)20-17-12-8-7-11-16(17)13-14-18(20)15-9-5-4-6-10-15/h4-14H,3H2,1-2H3. The van der Waals surface area contributed by atoms with E-state index in [-0.39, 0.29) is 5.91 Å². The van der Waals surface area contributed by atoms with Gasteiger partial charge in [0.15, 0.2) is 0 Å². The summed E-state index contributed by atoms with van der Waals surface area (Å²) in [6.07, 6.45) is 0.494. The van der Waals surface area contributed by atoms with E-state index >= 15 is 0 Å². The van der Waals surface area contributed by atoms with E-state index in [1.54, 1.807) is 4.90 Å². The van der Waals surface area contributed by atoms with E-state index in [0.717, 1.165) is 27.6 Å². The molecule has 0 aliphatic heterocycles. The van der Waals surface area contributed by atoms with Gasteiger partial charge in [-0.05, 0) is 10.9 Å². The van der Waals surface area contributed by atoms with Crippen LogP contribution in [0.5, 0.6) is 0 Å². The van der Waals surface area contributed by atoms with Gasteiger partial charge in [-0.1, -0.05) is 73.7 Å². The van der Waals surface area contributed by atoms with Crippen molar-refractivity contribution in [2.24, 2.45) is 0 Å². The minimum absolute atomic E-state index is 0.119. The Morgan fingerprint density at radius 1 is 0.909 bits per heavy atom. The van der Waals surface area contributed by atoms with Gasteiger partial charge in [0.1, 0.15) is 0 Å². The van der Waals surface area contributed by atoms with Crippen LogP contribution in [0.3, 0.4) is 0 Å². The van der Waals surface area contributed by atoms with Crippen molar-refractivity contribution in [2.45, 2.75) is 13.3 Å². The van der Waals surface area contributed by atoms with Gasteiger partial charge < -0.3 is 4.90 Å². The fraction of sp³-hybridized carbons (Fsp3) is 0.150. The fourth-order valence-corrected chi connectivity index (χ4v) is 2.83. The molecule has 2 heteroatoms. The van der Waals surface area contributed by atoms with Crippen molar-refractivity contribution in [3.63, 3.8) is 0 Å². The molecule has 3 aromatic carbocycles. The summed E-state index contributed by atoms with van der Waals surface area (Å²) in [6, 6.07) is 22.6. The molecule has 0 saturated carbocycles. The quantitative estimate of drug-likeness (QED) is 0.673. The molecule has 22 heavy (non-hydrogen) atoms. The van der Waals surface area contributed by atoms with Gasteiger partial charge in [0.05, 0.1) is 5.69 Å². The molecule has 0 saturated heterocycles. The van der Waals surface area contributed by atoms with Crippen LogP contribution < -0.4 is 4.90 Å². The molecule has 1 amide bonds. The van der Waals surface area contributed by atoms with Crippen molar-refractivity contribution in [2.75, 3.05) is 11.9 Å². The summed E-state index contributed by atoms with van der Waals surface area (Å²) in [6.45, 7) is 1.89. The first-order valence-corrected chi connectivity index (χ1v) is 7.56. The second-order valence-corrected chi connectivity index (χ2v) is 5.36. The maximum absolute atomic E-state index is 12.3. The largest absolute Gasteiger partial charge is 0.314 e. The number of fused-ring (bicyclic) bond motifs is 1. The maximum atomic E-state index is 12.3. The summed E-state index contributed by atoms with van der Waals surface area (Å²) in [4.78, 5) is 14.0. The highest BCUT2D eigenvalue weighted by Crippen LogP contribution is 2.37. The number of hydrogen-bond acceptors (Lipinski definition) is 1. The molecule has 0 spiro atoms. The lowest BCUT2D eigenvalue weighted by Gasteiger charge is -2.23. The molecular formula is C20H19NO. The van der Waals surface area contributed by atoms with Crippen LogP contribution in [0, 0.1) is 0 Å². The molecule has 0 atom stereocenters. The first-order chi connectivity index (χ1) is 10.7. The Balaban J connectivity index is 2.30. The number of nitrogens with zero attached hydrogens (tertiary/aromatic N) is 1. The lowest BCUT2D eigenvalue weighted by Crippen LogP contribution is -2.25. The Hall–Kier alpha value is -2.61. The zero-order chi connectivity index (χ0) is 15.5. The molecule has 0 aromatic heterocycles. The van der Waals surface area contributed by atoms with E-state index in [4.69, 9.17) is 0 Å². The summed E-state index contributed by atoms with van der Waals surface area (Å²) in [7, 11) is 1.86. The fourth-order valence-electron chi connectivity index (χ4n) is 2.83. The minimum atomic E-state index is 0.119. The van der Waals surface area contributed by atoms with E-state index in [2.05, 4.69) is 36.4 Å². The topological polar surface area (TPSA) is 20.3 Å². The molecule has 0 aliphatic carbocycles. The molecular weight excluding hydrogens is 270 g/mol. The van der Waals surface area contributed by atoms with Crippen LogP contribution in [0.15, 0.2) is 66.7 Å². The Morgan fingerprint density at radius 2 is 1.59 bits per heavy atom. The van der Waals surface area contributed by atoms with Crippen molar-refractivity contribution in [1.82, 2.24) is 0 Å². The van der Waals surface area contributed by atoms with Crippen LogP contribution in [0.2, 0.25) is 0 Å². The van der Waals surface area contributed by atoms with Crippen LogP contribution in [-0.4, -0.2) is 13.0 Å². The van der Waals surface area contributed by atoms with E-state index in [1.807, 2.05) is 44.3 Å². The Bertz CT molecular complexity index is 808. The van der Waals surface area contributed by atoms with Crippen molar-refractivity contribution in [3.8, 4) is 11.1 Å². The Morgan fingerprint density at radius 3 is 2.32 bits per heavy atom. The lowest BCUT2D eigenvalue weighted by atomic mass is 9.97.